The Hall–Kier alpha value is -2.88. The minimum atomic E-state index is -0.125. The van der Waals surface area contributed by atoms with Crippen molar-refractivity contribution in [2.45, 2.75) is 12.8 Å². The van der Waals surface area contributed by atoms with Crippen LogP contribution in [0.1, 0.15) is 12.0 Å². The molecule has 0 fully saturated rings. The molecule has 0 bridgehead atoms. The molecule has 4 heteroatoms. The van der Waals surface area contributed by atoms with Crippen molar-refractivity contribution in [1.29, 1.82) is 0 Å². The van der Waals surface area contributed by atoms with Crippen molar-refractivity contribution in [2.75, 3.05) is 0 Å². The molecule has 1 aromatic carbocycles. The third kappa shape index (κ3) is 2.63. The van der Waals surface area contributed by atoms with Gasteiger partial charge in [-0.3, -0.25) is 9.78 Å². The van der Waals surface area contributed by atoms with Crippen LogP contribution in [0.25, 0.3) is 22.2 Å². The van der Waals surface area contributed by atoms with E-state index in [2.05, 4.69) is 11.6 Å². The van der Waals surface area contributed by atoms with Gasteiger partial charge in [-0.1, -0.05) is 12.1 Å². The van der Waals surface area contributed by atoms with Crippen LogP contribution in [0.5, 0.6) is 5.75 Å². The van der Waals surface area contributed by atoms with E-state index < -0.39 is 0 Å². The lowest BCUT2D eigenvalue weighted by molar-refractivity contribution is 0.473. The molecule has 2 aromatic heterocycles. The molecule has 0 saturated carbocycles. The molecule has 0 amide bonds. The van der Waals surface area contributed by atoms with Gasteiger partial charge in [0, 0.05) is 0 Å². The molecule has 0 aliphatic carbocycles. The molecule has 0 saturated heterocycles. The maximum absolute atomic E-state index is 12.7. The van der Waals surface area contributed by atoms with E-state index in [0.717, 1.165) is 18.4 Å². The predicted molar refractivity (Wildman–Crippen MR) is 85.9 cm³/mol. The van der Waals surface area contributed by atoms with E-state index in [1.54, 1.807) is 6.07 Å². The van der Waals surface area contributed by atoms with Gasteiger partial charge in [0.2, 0.25) is 5.43 Å². The monoisotopic (exact) mass is 293 g/mol. The molecule has 22 heavy (non-hydrogen) atoms. The van der Waals surface area contributed by atoms with E-state index in [4.69, 9.17) is 4.42 Å². The number of benzene rings is 1. The lowest BCUT2D eigenvalue weighted by Gasteiger charge is -2.04. The van der Waals surface area contributed by atoms with Crippen molar-refractivity contribution < 1.29 is 9.52 Å². The molecule has 0 atom stereocenters. The molecular formula is C18H15NO3. The lowest BCUT2D eigenvalue weighted by atomic mass is 10.0. The molecule has 3 aromatic rings. The molecule has 110 valence electrons. The molecule has 4 nitrogen and oxygen atoms in total. The van der Waals surface area contributed by atoms with Gasteiger partial charge in [0.05, 0.1) is 22.8 Å². The Kier molecular flexibility index (Phi) is 3.74. The van der Waals surface area contributed by atoms with Crippen LogP contribution in [-0.4, -0.2) is 10.1 Å². The van der Waals surface area contributed by atoms with Crippen molar-refractivity contribution in [3.63, 3.8) is 0 Å². The van der Waals surface area contributed by atoms with Gasteiger partial charge in [-0.05, 0) is 42.7 Å². The van der Waals surface area contributed by atoms with Crippen LogP contribution in [0.3, 0.4) is 0 Å². The largest absolute Gasteiger partial charge is 0.506 e. The van der Waals surface area contributed by atoms with Crippen LogP contribution in [-0.2, 0) is 6.42 Å². The van der Waals surface area contributed by atoms with Crippen LogP contribution in [0.15, 0.2) is 64.7 Å². The van der Waals surface area contributed by atoms with Gasteiger partial charge in [0.25, 0.3) is 0 Å². The molecule has 0 aliphatic heterocycles. The van der Waals surface area contributed by atoms with Crippen LogP contribution in [0, 0.1) is 0 Å². The van der Waals surface area contributed by atoms with Crippen LogP contribution in [0.2, 0.25) is 0 Å². The summed E-state index contributed by atoms with van der Waals surface area (Å²) < 4.78 is 5.55. The molecule has 0 unspecified atom stereocenters. The Morgan fingerprint density at radius 2 is 2.14 bits per heavy atom. The number of aromatic hydroxyl groups is 1. The number of aromatic nitrogens is 1. The van der Waals surface area contributed by atoms with E-state index in [9.17, 15) is 9.90 Å². The van der Waals surface area contributed by atoms with Gasteiger partial charge in [-0.25, -0.2) is 0 Å². The predicted octanol–water partition coefficient (Wildman–Crippen LogP) is 3.68. The number of rotatable bonds is 4. The summed E-state index contributed by atoms with van der Waals surface area (Å²) in [5.74, 6) is 0.0561. The summed E-state index contributed by atoms with van der Waals surface area (Å²) in [6, 6.07) is 8.70. The zero-order valence-electron chi connectivity index (χ0n) is 12.0. The Labute approximate surface area is 127 Å². The number of hydrogen-bond donors (Lipinski definition) is 1. The van der Waals surface area contributed by atoms with E-state index in [0.29, 0.717) is 22.2 Å². The lowest BCUT2D eigenvalue weighted by Crippen LogP contribution is -2.06. The number of nitrogens with zero attached hydrogens (tertiary/aromatic N) is 1. The Morgan fingerprint density at radius 3 is 2.86 bits per heavy atom. The first-order valence-corrected chi connectivity index (χ1v) is 7.00. The SMILES string of the molecule is C=CCCc1ccc2occ(-c3ccc(O)cn3)c(=O)c2c1. The van der Waals surface area contributed by atoms with Crippen molar-refractivity contribution in [3.8, 4) is 17.0 Å². The van der Waals surface area contributed by atoms with Crippen LogP contribution in [0.4, 0.5) is 0 Å². The second-order valence-corrected chi connectivity index (χ2v) is 5.04. The topological polar surface area (TPSA) is 63.3 Å². The Balaban J connectivity index is 2.12. The van der Waals surface area contributed by atoms with Crippen LogP contribution < -0.4 is 5.43 Å². The van der Waals surface area contributed by atoms with Gasteiger partial charge in [0.1, 0.15) is 17.6 Å². The number of allylic oxidation sites excluding steroid dienone is 1. The zero-order chi connectivity index (χ0) is 15.5. The average molecular weight is 293 g/mol. The smallest absolute Gasteiger partial charge is 0.202 e. The minimum Gasteiger partial charge on any atom is -0.506 e. The highest BCUT2D eigenvalue weighted by molar-refractivity contribution is 5.81. The third-order valence-electron chi connectivity index (χ3n) is 3.50. The summed E-state index contributed by atoms with van der Waals surface area (Å²) in [5, 5.41) is 9.83. The average Bonchev–Trinajstić information content (AvgIpc) is 2.54. The van der Waals surface area contributed by atoms with Gasteiger partial charge in [-0.15, -0.1) is 6.58 Å². The molecule has 0 aliphatic rings. The maximum Gasteiger partial charge on any atom is 0.202 e. The fraction of sp³-hybridized carbons (Fsp3) is 0.111. The summed E-state index contributed by atoms with van der Waals surface area (Å²) >= 11 is 0. The fourth-order valence-corrected chi connectivity index (χ4v) is 2.32. The fourth-order valence-electron chi connectivity index (χ4n) is 2.32. The van der Waals surface area contributed by atoms with Gasteiger partial charge in [0.15, 0.2) is 0 Å². The molecule has 0 spiro atoms. The maximum atomic E-state index is 12.7. The van der Waals surface area contributed by atoms with E-state index in [1.165, 1.54) is 18.5 Å². The highest BCUT2D eigenvalue weighted by atomic mass is 16.3. The first kappa shape index (κ1) is 14.1. The second-order valence-electron chi connectivity index (χ2n) is 5.04. The summed E-state index contributed by atoms with van der Waals surface area (Å²) in [5.41, 5.74) is 2.35. The van der Waals surface area contributed by atoms with Gasteiger partial charge < -0.3 is 9.52 Å². The van der Waals surface area contributed by atoms with Gasteiger partial charge >= 0.3 is 0 Å². The Bertz CT molecular complexity index is 879. The highest BCUT2D eigenvalue weighted by Crippen LogP contribution is 2.20. The number of fused-ring (bicyclic) bond motifs is 1. The van der Waals surface area contributed by atoms with Crippen LogP contribution >= 0.6 is 0 Å². The molecular weight excluding hydrogens is 278 g/mol. The molecule has 0 radical (unpaired) electrons. The van der Waals surface area contributed by atoms with Crippen molar-refractivity contribution >= 4 is 11.0 Å². The van der Waals surface area contributed by atoms with E-state index in [-0.39, 0.29) is 11.2 Å². The second kappa shape index (κ2) is 5.85. The van der Waals surface area contributed by atoms with E-state index in [1.807, 2.05) is 24.3 Å². The third-order valence-corrected chi connectivity index (χ3v) is 3.50. The van der Waals surface area contributed by atoms with Crippen molar-refractivity contribution in [1.82, 2.24) is 4.98 Å². The minimum absolute atomic E-state index is 0.0561. The molecule has 2 heterocycles. The Morgan fingerprint density at radius 1 is 1.27 bits per heavy atom. The normalized spacial score (nSPS) is 10.7. The number of aryl methyl sites for hydroxylation is 1. The molecule has 1 N–H and O–H groups in total. The van der Waals surface area contributed by atoms with Crippen molar-refractivity contribution in [3.05, 3.63) is 71.2 Å². The number of hydrogen-bond acceptors (Lipinski definition) is 4. The summed E-state index contributed by atoms with van der Waals surface area (Å²) in [4.78, 5) is 16.7. The summed E-state index contributed by atoms with van der Waals surface area (Å²) in [6.45, 7) is 3.71. The number of pyridine rings is 1. The van der Waals surface area contributed by atoms with Gasteiger partial charge in [-0.2, -0.15) is 0 Å². The standard InChI is InChI=1S/C18H15NO3/c1-2-3-4-12-5-8-17-14(9-12)18(21)15(11-22-17)16-7-6-13(20)10-19-16/h2,5-11,20H,1,3-4H2. The molecule has 3 rings (SSSR count). The highest BCUT2D eigenvalue weighted by Gasteiger charge is 2.10. The zero-order valence-corrected chi connectivity index (χ0v) is 12.0. The summed E-state index contributed by atoms with van der Waals surface area (Å²) in [7, 11) is 0. The first-order chi connectivity index (χ1) is 10.7. The van der Waals surface area contributed by atoms with Crippen molar-refractivity contribution in [2.24, 2.45) is 0 Å². The van der Waals surface area contributed by atoms with E-state index >= 15 is 0 Å². The quantitative estimate of drug-likeness (QED) is 0.745. The summed E-state index contributed by atoms with van der Waals surface area (Å²) in [6.07, 6.45) is 6.26. The first-order valence-electron chi connectivity index (χ1n) is 7.00.